The summed E-state index contributed by atoms with van der Waals surface area (Å²) in [4.78, 5) is 17.7. The normalized spacial score (nSPS) is 9.85. The van der Waals surface area contributed by atoms with Crippen molar-refractivity contribution in [2.24, 2.45) is 0 Å². The quantitative estimate of drug-likeness (QED) is 0.142. The summed E-state index contributed by atoms with van der Waals surface area (Å²) in [5, 5.41) is 0. The van der Waals surface area contributed by atoms with E-state index in [1.807, 2.05) is 116 Å². The molecule has 4 nitrogen and oxygen atoms in total. The summed E-state index contributed by atoms with van der Waals surface area (Å²) < 4.78 is 0. The summed E-state index contributed by atoms with van der Waals surface area (Å²) in [6.45, 7) is 8.32. The van der Waals surface area contributed by atoms with Gasteiger partial charge < -0.3 is 19.9 Å². The van der Waals surface area contributed by atoms with Gasteiger partial charge in [-0.15, -0.1) is 136 Å². The minimum absolute atomic E-state index is 0. The molecule has 0 saturated carbocycles. The van der Waals surface area contributed by atoms with Gasteiger partial charge in [0.2, 0.25) is 0 Å². The van der Waals surface area contributed by atoms with Gasteiger partial charge in [-0.05, 0) is 91.4 Å². The maximum Gasteiger partial charge on any atom is 0.0163 e. The Morgan fingerprint density at radius 2 is 0.688 bits per heavy atom. The van der Waals surface area contributed by atoms with Crippen molar-refractivity contribution in [2.75, 3.05) is 0 Å². The minimum Gasteiger partial charge on any atom is -0.305 e. The van der Waals surface area contributed by atoms with Crippen molar-refractivity contribution in [3.05, 3.63) is 314 Å². The summed E-state index contributed by atoms with van der Waals surface area (Å²) >= 11 is 0. The molecule has 0 aliphatic heterocycles. The average molecular weight is 1750 g/mol. The van der Waals surface area contributed by atoms with Crippen LogP contribution >= 0.6 is 0 Å². The number of hydrogen-bond donors (Lipinski definition) is 0. The van der Waals surface area contributed by atoms with Crippen LogP contribution in [0.3, 0.4) is 0 Å². The Bertz CT molecular complexity index is 3730. The van der Waals surface area contributed by atoms with Gasteiger partial charge in [0.1, 0.15) is 0 Å². The zero-order valence-electron chi connectivity index (χ0n) is 44.5. The van der Waals surface area contributed by atoms with Crippen LogP contribution in [-0.4, -0.2) is 19.9 Å². The van der Waals surface area contributed by atoms with Crippen molar-refractivity contribution in [3.8, 4) is 89.5 Å². The van der Waals surface area contributed by atoms with Crippen LogP contribution in [0.2, 0.25) is 0 Å². The SMILES string of the molecule is Cc1ccc(-c2cc[c-]c(-c3ccccn3)c2)cc1.Cc1cccnc1-c1[c-]cc(-c2ccccc2)cc1.Cc1cccnc1-c1[c-]ccc(-c2ccccc2)c1.Cc1ccnc(-c2[c-]ccc(-c3ccccc3)c2)c1.[Ir].[Ir].[Ir].[Ir]. The van der Waals surface area contributed by atoms with Crippen LogP contribution in [0.5, 0.6) is 0 Å². The number of rotatable bonds is 8. The van der Waals surface area contributed by atoms with Gasteiger partial charge >= 0.3 is 0 Å². The molecule has 0 spiro atoms. The van der Waals surface area contributed by atoms with Gasteiger partial charge in [0.15, 0.2) is 0 Å². The van der Waals surface area contributed by atoms with Crippen LogP contribution in [0.4, 0.5) is 0 Å². The molecule has 4 heterocycles. The van der Waals surface area contributed by atoms with Gasteiger partial charge in [-0.2, -0.15) is 0 Å². The molecular formula is C72H56Ir4N4-4. The Morgan fingerprint density at radius 1 is 0.263 bits per heavy atom. The maximum absolute atomic E-state index is 4.45. The molecule has 12 rings (SSSR count). The molecule has 0 unspecified atom stereocenters. The Kier molecular flexibility index (Phi) is 26.2. The van der Waals surface area contributed by atoms with Crippen LogP contribution < -0.4 is 0 Å². The van der Waals surface area contributed by atoms with E-state index in [2.05, 4.69) is 224 Å². The van der Waals surface area contributed by atoms with E-state index in [4.69, 9.17) is 0 Å². The first-order valence-corrected chi connectivity index (χ1v) is 25.3. The Labute approximate surface area is 526 Å². The summed E-state index contributed by atoms with van der Waals surface area (Å²) in [6, 6.07) is 95.6. The molecule has 0 aliphatic carbocycles. The van der Waals surface area contributed by atoms with Crippen LogP contribution in [0.1, 0.15) is 22.3 Å². The molecule has 12 aromatic rings. The fourth-order valence-corrected chi connectivity index (χ4v) is 8.50. The minimum atomic E-state index is 0. The van der Waals surface area contributed by atoms with E-state index < -0.39 is 0 Å². The summed E-state index contributed by atoms with van der Waals surface area (Å²) in [5.41, 5.74) is 22.5. The van der Waals surface area contributed by atoms with Gasteiger partial charge in [-0.25, -0.2) is 0 Å². The second-order valence-electron chi connectivity index (χ2n) is 18.2. The molecule has 80 heavy (non-hydrogen) atoms. The summed E-state index contributed by atoms with van der Waals surface area (Å²) in [5.74, 6) is 0. The van der Waals surface area contributed by atoms with Crippen LogP contribution in [-0.2, 0) is 80.4 Å². The smallest absolute Gasteiger partial charge is 0.0163 e. The second kappa shape index (κ2) is 32.9. The molecule has 404 valence electrons. The van der Waals surface area contributed by atoms with Crippen molar-refractivity contribution in [1.29, 1.82) is 0 Å². The van der Waals surface area contributed by atoms with Crippen molar-refractivity contribution in [2.45, 2.75) is 27.7 Å². The fourth-order valence-electron chi connectivity index (χ4n) is 8.50. The largest absolute Gasteiger partial charge is 0.305 e. The molecule has 0 amide bonds. The number of aryl methyl sites for hydroxylation is 4. The first-order valence-electron chi connectivity index (χ1n) is 25.3. The van der Waals surface area contributed by atoms with Gasteiger partial charge in [-0.1, -0.05) is 179 Å². The predicted molar refractivity (Wildman–Crippen MR) is 315 cm³/mol. The third-order valence-electron chi connectivity index (χ3n) is 12.6. The molecule has 0 fully saturated rings. The summed E-state index contributed by atoms with van der Waals surface area (Å²) in [6.07, 6.45) is 7.29. The van der Waals surface area contributed by atoms with Crippen molar-refractivity contribution in [1.82, 2.24) is 19.9 Å². The molecule has 0 atom stereocenters. The molecule has 4 aromatic heterocycles. The van der Waals surface area contributed by atoms with E-state index in [0.717, 1.165) is 45.0 Å². The van der Waals surface area contributed by atoms with Gasteiger partial charge in [0.05, 0.1) is 0 Å². The number of hydrogen-bond acceptors (Lipinski definition) is 4. The van der Waals surface area contributed by atoms with E-state index in [9.17, 15) is 0 Å². The third kappa shape index (κ3) is 18.0. The third-order valence-corrected chi connectivity index (χ3v) is 12.6. The predicted octanol–water partition coefficient (Wildman–Crippen LogP) is 18.1. The Balaban J connectivity index is 0.000000193. The average Bonchev–Trinajstić information content (AvgIpc) is 3.49. The Morgan fingerprint density at radius 3 is 1.16 bits per heavy atom. The zero-order chi connectivity index (χ0) is 52.3. The van der Waals surface area contributed by atoms with E-state index in [0.29, 0.717) is 0 Å². The van der Waals surface area contributed by atoms with E-state index in [-0.39, 0.29) is 80.4 Å². The first kappa shape index (κ1) is 63.8. The van der Waals surface area contributed by atoms with Crippen LogP contribution in [0.15, 0.2) is 267 Å². The van der Waals surface area contributed by atoms with E-state index in [1.165, 1.54) is 66.8 Å². The number of aromatic nitrogens is 4. The van der Waals surface area contributed by atoms with Gasteiger partial charge in [-0.3, -0.25) is 0 Å². The molecule has 0 aliphatic rings. The van der Waals surface area contributed by atoms with Crippen LogP contribution in [0.25, 0.3) is 89.5 Å². The van der Waals surface area contributed by atoms with Gasteiger partial charge in [0, 0.05) is 105 Å². The topological polar surface area (TPSA) is 51.6 Å². The molecule has 8 heteroatoms. The molecule has 0 bridgehead atoms. The number of pyridine rings is 4. The summed E-state index contributed by atoms with van der Waals surface area (Å²) in [7, 11) is 0. The number of benzene rings is 8. The molecule has 8 aromatic carbocycles. The van der Waals surface area contributed by atoms with Crippen LogP contribution in [0, 0.1) is 52.0 Å². The van der Waals surface area contributed by atoms with E-state index in [1.54, 1.807) is 0 Å². The zero-order valence-corrected chi connectivity index (χ0v) is 54.1. The molecule has 0 saturated heterocycles. The fraction of sp³-hybridized carbons (Fsp3) is 0.0556. The van der Waals surface area contributed by atoms with Gasteiger partial charge in [0.25, 0.3) is 0 Å². The second-order valence-corrected chi connectivity index (χ2v) is 18.2. The van der Waals surface area contributed by atoms with Crippen molar-refractivity contribution < 1.29 is 80.4 Å². The maximum atomic E-state index is 4.45. The molecule has 0 N–H and O–H groups in total. The number of nitrogens with zero attached hydrogens (tertiary/aromatic N) is 4. The standard InChI is InChI=1S/4C18H14N.4Ir/c1-14-8-10-15(11-9-14)16-5-4-6-17(13-16)18-7-2-3-12-19-18;1-14-7-6-12-19-18(14)17-11-5-10-16(13-17)15-8-3-2-4-9-15;1-14-6-5-13-19-18(14)17-11-9-16(10-12-17)15-7-3-2-4-8-15;1-14-10-11-19-18(12-14)17-9-5-8-16(13-17)15-6-3-2-4-7-15;;;;/h2-5,7-13H,1H3;2-10,12-13H,1H3;2-11,13H,1H3;2-8,10-13H,1H3;;;;/q4*-1;;;;. The first-order chi connectivity index (χ1) is 37.3. The molecular weight excluding hydrogens is 1690 g/mol. The van der Waals surface area contributed by atoms with Crippen molar-refractivity contribution >= 4 is 0 Å². The van der Waals surface area contributed by atoms with E-state index >= 15 is 0 Å². The molecule has 4 radical (unpaired) electrons. The monoisotopic (exact) mass is 1750 g/mol. The Hall–Kier alpha value is -7.04. The van der Waals surface area contributed by atoms with Crippen molar-refractivity contribution in [3.63, 3.8) is 0 Å².